The summed E-state index contributed by atoms with van der Waals surface area (Å²) in [6.07, 6.45) is 3.51. The minimum atomic E-state index is -0.299. The van der Waals surface area contributed by atoms with Crippen molar-refractivity contribution in [2.45, 2.75) is 26.8 Å². The van der Waals surface area contributed by atoms with E-state index in [2.05, 4.69) is 39.4 Å². The molecule has 2 aromatic heterocycles. The summed E-state index contributed by atoms with van der Waals surface area (Å²) in [5, 5.41) is 7.54. The van der Waals surface area contributed by atoms with Crippen LogP contribution in [0.4, 0.5) is 17.5 Å². The fourth-order valence-electron chi connectivity index (χ4n) is 3.56. The SMILES string of the molecule is Cc1ccc(Nc2cc(C)nc(N3CCN(C(=O)C(C)n4cccn4)CC3)n2)cc1. The molecule has 1 aliphatic heterocycles. The average Bonchev–Trinajstić information content (AvgIpc) is 3.29. The smallest absolute Gasteiger partial charge is 0.247 e. The Morgan fingerprint density at radius 2 is 1.80 bits per heavy atom. The zero-order valence-corrected chi connectivity index (χ0v) is 17.6. The van der Waals surface area contributed by atoms with Gasteiger partial charge < -0.3 is 15.1 Å². The van der Waals surface area contributed by atoms with Crippen LogP contribution in [-0.4, -0.2) is 56.7 Å². The van der Waals surface area contributed by atoms with Gasteiger partial charge in [0.15, 0.2) is 0 Å². The molecule has 3 heterocycles. The Hall–Kier alpha value is -3.42. The van der Waals surface area contributed by atoms with Crippen LogP contribution in [-0.2, 0) is 4.79 Å². The normalized spacial score (nSPS) is 15.2. The summed E-state index contributed by atoms with van der Waals surface area (Å²) in [4.78, 5) is 26.1. The quantitative estimate of drug-likeness (QED) is 0.703. The number of anilines is 3. The Balaban J connectivity index is 1.41. The van der Waals surface area contributed by atoms with Crippen molar-refractivity contribution in [3.63, 3.8) is 0 Å². The largest absolute Gasteiger partial charge is 0.340 e. The second kappa shape index (κ2) is 8.52. The van der Waals surface area contributed by atoms with E-state index in [1.54, 1.807) is 10.9 Å². The van der Waals surface area contributed by atoms with Gasteiger partial charge in [-0.3, -0.25) is 9.48 Å². The molecule has 1 aliphatic rings. The number of carbonyl (C=O) groups excluding carboxylic acids is 1. The summed E-state index contributed by atoms with van der Waals surface area (Å²) in [5.74, 6) is 1.55. The van der Waals surface area contributed by atoms with Crippen LogP contribution in [0.5, 0.6) is 0 Å². The molecule has 8 nitrogen and oxygen atoms in total. The highest BCUT2D eigenvalue weighted by Gasteiger charge is 2.27. The lowest BCUT2D eigenvalue weighted by Crippen LogP contribution is -2.50. The zero-order valence-electron chi connectivity index (χ0n) is 17.6. The van der Waals surface area contributed by atoms with Crippen molar-refractivity contribution in [2.75, 3.05) is 36.4 Å². The molecule has 1 amide bonds. The summed E-state index contributed by atoms with van der Waals surface area (Å²) >= 11 is 0. The summed E-state index contributed by atoms with van der Waals surface area (Å²) in [6, 6.07) is 11.7. The molecule has 1 fully saturated rings. The number of nitrogens with zero attached hydrogens (tertiary/aromatic N) is 6. The van der Waals surface area contributed by atoms with E-state index in [9.17, 15) is 4.79 Å². The highest BCUT2D eigenvalue weighted by Crippen LogP contribution is 2.20. The van der Waals surface area contributed by atoms with E-state index in [0.717, 1.165) is 17.2 Å². The van der Waals surface area contributed by atoms with Gasteiger partial charge in [0.05, 0.1) is 0 Å². The van der Waals surface area contributed by atoms with Gasteiger partial charge in [-0.15, -0.1) is 0 Å². The van der Waals surface area contributed by atoms with Gasteiger partial charge in [0.1, 0.15) is 11.9 Å². The average molecular weight is 406 g/mol. The molecule has 1 unspecified atom stereocenters. The van der Waals surface area contributed by atoms with E-state index < -0.39 is 0 Å². The molecule has 8 heteroatoms. The maximum atomic E-state index is 12.8. The first kappa shape index (κ1) is 19.9. The van der Waals surface area contributed by atoms with Crippen LogP contribution in [0.3, 0.4) is 0 Å². The molecule has 4 rings (SSSR count). The minimum Gasteiger partial charge on any atom is -0.340 e. The number of aryl methyl sites for hydroxylation is 2. The number of hydrogen-bond donors (Lipinski definition) is 1. The lowest BCUT2D eigenvalue weighted by molar-refractivity contribution is -0.134. The first-order valence-corrected chi connectivity index (χ1v) is 10.2. The van der Waals surface area contributed by atoms with Crippen molar-refractivity contribution in [3.8, 4) is 0 Å². The maximum Gasteiger partial charge on any atom is 0.247 e. The van der Waals surface area contributed by atoms with Crippen LogP contribution in [0.2, 0.25) is 0 Å². The molecular formula is C22H27N7O. The monoisotopic (exact) mass is 405 g/mol. The van der Waals surface area contributed by atoms with Gasteiger partial charge in [0.25, 0.3) is 0 Å². The number of amides is 1. The molecule has 1 saturated heterocycles. The highest BCUT2D eigenvalue weighted by atomic mass is 16.2. The van der Waals surface area contributed by atoms with Crippen LogP contribution in [0.15, 0.2) is 48.8 Å². The lowest BCUT2D eigenvalue weighted by Gasteiger charge is -2.36. The molecular weight excluding hydrogens is 378 g/mol. The van der Waals surface area contributed by atoms with Gasteiger partial charge in [0.2, 0.25) is 11.9 Å². The van der Waals surface area contributed by atoms with Gasteiger partial charge in [-0.05, 0) is 39.0 Å². The van der Waals surface area contributed by atoms with Gasteiger partial charge in [-0.1, -0.05) is 17.7 Å². The molecule has 30 heavy (non-hydrogen) atoms. The summed E-state index contributed by atoms with van der Waals surface area (Å²) in [6.45, 7) is 8.60. The van der Waals surface area contributed by atoms with Crippen molar-refractivity contribution in [3.05, 3.63) is 60.0 Å². The van der Waals surface area contributed by atoms with Crippen LogP contribution < -0.4 is 10.2 Å². The first-order valence-electron chi connectivity index (χ1n) is 10.2. The van der Waals surface area contributed by atoms with Crippen molar-refractivity contribution in [2.24, 2.45) is 0 Å². The third kappa shape index (κ3) is 4.42. The Morgan fingerprint density at radius 3 is 2.47 bits per heavy atom. The third-order valence-corrected chi connectivity index (χ3v) is 5.32. The number of benzene rings is 1. The molecule has 1 N–H and O–H groups in total. The van der Waals surface area contributed by atoms with Crippen molar-refractivity contribution in [1.82, 2.24) is 24.6 Å². The van der Waals surface area contributed by atoms with Crippen LogP contribution in [0.25, 0.3) is 0 Å². The number of rotatable bonds is 5. The molecule has 0 spiro atoms. The Labute approximate surface area is 176 Å². The van der Waals surface area contributed by atoms with Crippen molar-refractivity contribution >= 4 is 23.4 Å². The zero-order chi connectivity index (χ0) is 21.1. The second-order valence-corrected chi connectivity index (χ2v) is 7.66. The first-order chi connectivity index (χ1) is 14.5. The van der Waals surface area contributed by atoms with E-state index in [4.69, 9.17) is 4.98 Å². The summed E-state index contributed by atoms with van der Waals surface area (Å²) < 4.78 is 1.70. The fraction of sp³-hybridized carbons (Fsp3) is 0.364. The molecule has 0 saturated carbocycles. The van der Waals surface area contributed by atoms with E-state index in [1.807, 2.05) is 49.2 Å². The molecule has 0 radical (unpaired) electrons. The molecule has 1 aromatic carbocycles. The molecule has 0 bridgehead atoms. The van der Waals surface area contributed by atoms with Gasteiger partial charge in [-0.25, -0.2) is 4.98 Å². The fourth-order valence-corrected chi connectivity index (χ4v) is 3.56. The predicted molar refractivity (Wildman–Crippen MR) is 117 cm³/mol. The van der Waals surface area contributed by atoms with Crippen molar-refractivity contribution < 1.29 is 4.79 Å². The molecule has 156 valence electrons. The van der Waals surface area contributed by atoms with Gasteiger partial charge in [0, 0.05) is 56.0 Å². The lowest BCUT2D eigenvalue weighted by atomic mass is 10.2. The standard InChI is InChI=1S/C22H27N7O/c1-16-5-7-19(8-6-16)25-20-15-17(2)24-22(26-20)28-13-11-27(12-14-28)21(30)18(3)29-10-4-9-23-29/h4-10,15,18H,11-14H2,1-3H3,(H,24,25,26). The minimum absolute atomic E-state index is 0.0882. The van der Waals surface area contributed by atoms with E-state index in [-0.39, 0.29) is 11.9 Å². The maximum absolute atomic E-state index is 12.8. The summed E-state index contributed by atoms with van der Waals surface area (Å²) in [7, 11) is 0. The molecule has 0 aliphatic carbocycles. The topological polar surface area (TPSA) is 79.2 Å². The number of nitrogens with one attached hydrogen (secondary N) is 1. The van der Waals surface area contributed by atoms with Gasteiger partial charge in [-0.2, -0.15) is 10.1 Å². The number of piperazine rings is 1. The Morgan fingerprint density at radius 1 is 1.07 bits per heavy atom. The Kier molecular flexibility index (Phi) is 5.65. The highest BCUT2D eigenvalue weighted by molar-refractivity contribution is 5.80. The number of hydrogen-bond acceptors (Lipinski definition) is 6. The van der Waals surface area contributed by atoms with Gasteiger partial charge >= 0.3 is 0 Å². The summed E-state index contributed by atoms with van der Waals surface area (Å²) in [5.41, 5.74) is 3.11. The van der Waals surface area contributed by atoms with Crippen LogP contribution in [0, 0.1) is 13.8 Å². The second-order valence-electron chi connectivity index (χ2n) is 7.66. The van der Waals surface area contributed by atoms with Crippen LogP contribution in [0.1, 0.15) is 24.2 Å². The number of aromatic nitrogens is 4. The molecule has 1 atom stereocenters. The Bertz CT molecular complexity index is 993. The number of carbonyl (C=O) groups is 1. The van der Waals surface area contributed by atoms with Crippen molar-refractivity contribution in [1.29, 1.82) is 0 Å². The van der Waals surface area contributed by atoms with Crippen LogP contribution >= 0.6 is 0 Å². The van der Waals surface area contributed by atoms with E-state index in [1.165, 1.54) is 5.56 Å². The third-order valence-electron chi connectivity index (χ3n) is 5.32. The van der Waals surface area contributed by atoms with E-state index in [0.29, 0.717) is 32.1 Å². The predicted octanol–water partition coefficient (Wildman–Crippen LogP) is 2.94. The van der Waals surface area contributed by atoms with E-state index >= 15 is 0 Å². The molecule has 3 aromatic rings.